The second kappa shape index (κ2) is 7.44. The molecule has 0 radical (unpaired) electrons. The number of rotatable bonds is 3. The van der Waals surface area contributed by atoms with Gasteiger partial charge in [0, 0.05) is 27.5 Å². The normalized spacial score (nSPS) is 27.4. The van der Waals surface area contributed by atoms with Gasteiger partial charge in [-0.2, -0.15) is 0 Å². The van der Waals surface area contributed by atoms with Gasteiger partial charge in [0.25, 0.3) is 0 Å². The molecule has 194 valence electrons. The van der Waals surface area contributed by atoms with Crippen LogP contribution < -0.4 is 0 Å². The van der Waals surface area contributed by atoms with Crippen molar-refractivity contribution in [3.05, 3.63) is 53.1 Å². The quantitative estimate of drug-likeness (QED) is 0.235. The van der Waals surface area contributed by atoms with Crippen LogP contribution in [-0.4, -0.2) is 46.0 Å². The van der Waals surface area contributed by atoms with Crippen LogP contribution in [0.2, 0.25) is 0 Å². The van der Waals surface area contributed by atoms with E-state index >= 15 is 0 Å². The zero-order valence-electron chi connectivity index (χ0n) is 19.8. The molecule has 0 heterocycles. The highest BCUT2D eigenvalue weighted by molar-refractivity contribution is 5.69. The van der Waals surface area contributed by atoms with Gasteiger partial charge >= 0.3 is 0 Å². The summed E-state index contributed by atoms with van der Waals surface area (Å²) in [5.41, 5.74) is -1.84. The van der Waals surface area contributed by atoms with E-state index in [-0.39, 0.29) is 28.9 Å². The van der Waals surface area contributed by atoms with E-state index in [2.05, 4.69) is 0 Å². The lowest BCUT2D eigenvalue weighted by Gasteiger charge is -2.68. The van der Waals surface area contributed by atoms with Crippen LogP contribution in [0, 0.1) is 17.8 Å². The Kier molecular flexibility index (Phi) is 4.68. The standard InChI is InChI=1S/C28H28O9/c29-18-4-1-15(21(32)24(18)35)27-10-12-7-13(11-27)9-14(8-12)28(27,16-2-5-19(30)25(36)22(16)33)17-3-6-20(31)26(37)23(17)34/h1-6,12-14,29-37H,7-11H2. The molecule has 4 bridgehead atoms. The van der Waals surface area contributed by atoms with Gasteiger partial charge in [0.15, 0.2) is 34.5 Å². The maximum absolute atomic E-state index is 11.3. The molecule has 2 atom stereocenters. The van der Waals surface area contributed by atoms with Crippen LogP contribution in [0.25, 0.3) is 0 Å². The van der Waals surface area contributed by atoms with Crippen molar-refractivity contribution in [3.8, 4) is 51.7 Å². The Bertz CT molecular complexity index is 1370. The number of aromatic hydroxyl groups is 9. The van der Waals surface area contributed by atoms with Gasteiger partial charge in [0.05, 0.1) is 0 Å². The van der Waals surface area contributed by atoms with E-state index in [0.717, 1.165) is 6.42 Å². The molecule has 4 aliphatic rings. The first-order chi connectivity index (χ1) is 17.5. The molecule has 9 heteroatoms. The van der Waals surface area contributed by atoms with Gasteiger partial charge in [-0.05, 0) is 68.1 Å². The van der Waals surface area contributed by atoms with E-state index in [9.17, 15) is 46.0 Å². The van der Waals surface area contributed by atoms with E-state index in [4.69, 9.17) is 0 Å². The molecular weight excluding hydrogens is 480 g/mol. The minimum absolute atomic E-state index is 0.166. The summed E-state index contributed by atoms with van der Waals surface area (Å²) in [6, 6.07) is 8.16. The molecule has 4 saturated carbocycles. The van der Waals surface area contributed by atoms with Crippen molar-refractivity contribution < 1.29 is 46.0 Å². The van der Waals surface area contributed by atoms with Crippen LogP contribution >= 0.6 is 0 Å². The summed E-state index contributed by atoms with van der Waals surface area (Å²) >= 11 is 0. The average Bonchev–Trinajstić information content (AvgIpc) is 2.86. The lowest BCUT2D eigenvalue weighted by molar-refractivity contribution is -0.0696. The minimum Gasteiger partial charge on any atom is -0.504 e. The van der Waals surface area contributed by atoms with Gasteiger partial charge in [-0.25, -0.2) is 0 Å². The van der Waals surface area contributed by atoms with E-state index in [1.807, 2.05) is 0 Å². The number of phenolic OH excluding ortho intramolecular Hbond substituents is 9. The minimum atomic E-state index is -1.38. The van der Waals surface area contributed by atoms with E-state index < -0.39 is 62.6 Å². The van der Waals surface area contributed by atoms with Crippen molar-refractivity contribution in [2.45, 2.75) is 42.9 Å². The molecular formula is C28H28O9. The van der Waals surface area contributed by atoms with Gasteiger partial charge < -0.3 is 46.0 Å². The van der Waals surface area contributed by atoms with Gasteiger partial charge in [-0.1, -0.05) is 18.2 Å². The molecule has 37 heavy (non-hydrogen) atoms. The highest BCUT2D eigenvalue weighted by atomic mass is 16.3. The van der Waals surface area contributed by atoms with Crippen LogP contribution in [0.5, 0.6) is 51.7 Å². The Morgan fingerprint density at radius 3 is 1.27 bits per heavy atom. The highest BCUT2D eigenvalue weighted by Gasteiger charge is 2.69. The fraction of sp³-hybridized carbons (Fsp3) is 0.357. The van der Waals surface area contributed by atoms with E-state index in [1.165, 1.54) is 36.4 Å². The molecule has 0 saturated heterocycles. The molecule has 4 fully saturated rings. The molecule has 4 aliphatic carbocycles. The SMILES string of the molecule is Oc1ccc(C23CC4CC(CC(C4)C2(c2ccc(O)c(O)c2O)c2ccc(O)c(O)c2O)C3)c(O)c1O. The molecule has 0 aliphatic heterocycles. The van der Waals surface area contributed by atoms with Crippen molar-refractivity contribution in [2.24, 2.45) is 17.8 Å². The van der Waals surface area contributed by atoms with Crippen LogP contribution in [0.4, 0.5) is 0 Å². The van der Waals surface area contributed by atoms with E-state index in [0.29, 0.717) is 31.2 Å². The zero-order chi connectivity index (χ0) is 26.4. The Balaban J connectivity index is 1.80. The van der Waals surface area contributed by atoms with Gasteiger partial charge in [-0.15, -0.1) is 0 Å². The van der Waals surface area contributed by atoms with Crippen molar-refractivity contribution >= 4 is 0 Å². The zero-order valence-corrected chi connectivity index (χ0v) is 19.8. The number of benzene rings is 3. The fourth-order valence-corrected chi connectivity index (χ4v) is 8.30. The van der Waals surface area contributed by atoms with Crippen molar-refractivity contribution in [2.75, 3.05) is 0 Å². The highest BCUT2D eigenvalue weighted by Crippen LogP contribution is 2.75. The van der Waals surface area contributed by atoms with Crippen LogP contribution in [0.1, 0.15) is 48.8 Å². The Morgan fingerprint density at radius 2 is 0.838 bits per heavy atom. The van der Waals surface area contributed by atoms with Crippen LogP contribution in [0.3, 0.4) is 0 Å². The summed E-state index contributed by atoms with van der Waals surface area (Å²) < 4.78 is 0. The maximum Gasteiger partial charge on any atom is 0.200 e. The Hall–Kier alpha value is -4.14. The predicted molar refractivity (Wildman–Crippen MR) is 130 cm³/mol. The van der Waals surface area contributed by atoms with Crippen molar-refractivity contribution in [1.82, 2.24) is 0 Å². The summed E-state index contributed by atoms with van der Waals surface area (Å²) in [7, 11) is 0. The lowest BCUT2D eigenvalue weighted by atomic mass is 9.34. The predicted octanol–water partition coefficient (Wildman–Crippen LogP) is 4.10. The average molecular weight is 509 g/mol. The molecule has 0 aromatic heterocycles. The van der Waals surface area contributed by atoms with Crippen molar-refractivity contribution in [3.63, 3.8) is 0 Å². The molecule has 3 aromatic carbocycles. The Labute approximate surface area is 211 Å². The Morgan fingerprint density at radius 1 is 0.459 bits per heavy atom. The lowest BCUT2D eigenvalue weighted by Crippen LogP contribution is -2.65. The van der Waals surface area contributed by atoms with Gasteiger partial charge in [-0.3, -0.25) is 0 Å². The topological polar surface area (TPSA) is 182 Å². The summed E-state index contributed by atoms with van der Waals surface area (Å²) in [6.07, 6.45) is 3.27. The van der Waals surface area contributed by atoms with Crippen LogP contribution in [0.15, 0.2) is 36.4 Å². The maximum atomic E-state index is 11.3. The molecule has 9 nitrogen and oxygen atoms in total. The first-order valence-corrected chi connectivity index (χ1v) is 12.3. The third-order valence-corrected chi connectivity index (χ3v) is 9.30. The van der Waals surface area contributed by atoms with E-state index in [1.54, 1.807) is 0 Å². The van der Waals surface area contributed by atoms with Gasteiger partial charge in [0.1, 0.15) is 0 Å². The summed E-state index contributed by atoms with van der Waals surface area (Å²) in [6.45, 7) is 0. The number of phenols is 9. The third-order valence-electron chi connectivity index (χ3n) is 9.30. The summed E-state index contributed by atoms with van der Waals surface area (Å²) in [5, 5.41) is 95.8. The molecule has 2 unspecified atom stereocenters. The third kappa shape index (κ3) is 2.74. The van der Waals surface area contributed by atoms with Crippen molar-refractivity contribution in [1.29, 1.82) is 0 Å². The first-order valence-electron chi connectivity index (χ1n) is 12.3. The molecule has 0 spiro atoms. The molecule has 0 amide bonds. The summed E-state index contributed by atoms with van der Waals surface area (Å²) in [5.74, 6) is -5.36. The second-order valence-corrected chi connectivity index (χ2v) is 10.9. The number of hydrogen-bond acceptors (Lipinski definition) is 9. The molecule has 7 rings (SSSR count). The first kappa shape index (κ1) is 23.3. The fourth-order valence-electron chi connectivity index (χ4n) is 8.30. The smallest absolute Gasteiger partial charge is 0.200 e. The van der Waals surface area contributed by atoms with Gasteiger partial charge in [0.2, 0.25) is 17.2 Å². The largest absolute Gasteiger partial charge is 0.504 e. The van der Waals surface area contributed by atoms with Crippen LogP contribution in [-0.2, 0) is 10.8 Å². The molecule has 9 N–H and O–H groups in total. The summed E-state index contributed by atoms with van der Waals surface area (Å²) in [4.78, 5) is 0. The second-order valence-electron chi connectivity index (χ2n) is 10.9. The molecule has 3 aromatic rings. The number of hydrogen-bond donors (Lipinski definition) is 9. The monoisotopic (exact) mass is 508 g/mol.